The molecule has 1 aliphatic heterocycles. The number of carbonyl (C=O) groups excluding carboxylic acids is 1. The number of aliphatic hydroxyl groups is 1. The van der Waals surface area contributed by atoms with Gasteiger partial charge in [-0.15, -0.1) is 0 Å². The molecule has 1 aliphatic rings. The van der Waals surface area contributed by atoms with E-state index < -0.39 is 6.10 Å². The van der Waals surface area contributed by atoms with E-state index in [1.807, 2.05) is 31.2 Å². The van der Waals surface area contributed by atoms with Crippen LogP contribution in [0.3, 0.4) is 0 Å². The largest absolute Gasteiger partial charge is 0.391 e. The molecule has 5 heteroatoms. The summed E-state index contributed by atoms with van der Waals surface area (Å²) in [6, 6.07) is 7.67. The lowest BCUT2D eigenvalue weighted by Crippen LogP contribution is -2.47. The number of nitrogens with zero attached hydrogens (tertiary/aromatic N) is 1. The Morgan fingerprint density at radius 2 is 2.26 bits per heavy atom. The zero-order valence-electron chi connectivity index (χ0n) is 11.0. The van der Waals surface area contributed by atoms with E-state index in [4.69, 9.17) is 0 Å². The number of amides is 2. The highest BCUT2D eigenvalue weighted by Crippen LogP contribution is 2.23. The van der Waals surface area contributed by atoms with Gasteiger partial charge in [0, 0.05) is 17.6 Å². The van der Waals surface area contributed by atoms with Gasteiger partial charge in [-0.1, -0.05) is 34.1 Å². The van der Waals surface area contributed by atoms with Crippen molar-refractivity contribution in [1.29, 1.82) is 0 Å². The van der Waals surface area contributed by atoms with Crippen molar-refractivity contribution in [3.05, 3.63) is 34.3 Å². The van der Waals surface area contributed by atoms with Gasteiger partial charge in [-0.2, -0.15) is 0 Å². The number of hydrogen-bond donors (Lipinski definition) is 2. The van der Waals surface area contributed by atoms with Crippen LogP contribution < -0.4 is 5.32 Å². The van der Waals surface area contributed by atoms with Crippen molar-refractivity contribution >= 4 is 22.0 Å². The Hall–Kier alpha value is -1.07. The maximum atomic E-state index is 12.1. The molecule has 2 unspecified atom stereocenters. The number of β-amino-alcohol motifs (C(OH)–C–C–N with tert-alkyl or cyclic N) is 1. The summed E-state index contributed by atoms with van der Waals surface area (Å²) < 4.78 is 0.987. The predicted octanol–water partition coefficient (Wildman–Crippen LogP) is 2.68. The fraction of sp³-hybridized carbons (Fsp3) is 0.500. The lowest BCUT2D eigenvalue weighted by atomic mass is 10.1. The van der Waals surface area contributed by atoms with Crippen molar-refractivity contribution < 1.29 is 9.90 Å². The number of nitrogens with one attached hydrogen (secondary N) is 1. The lowest BCUT2D eigenvalue weighted by molar-refractivity contribution is 0.0835. The van der Waals surface area contributed by atoms with Gasteiger partial charge in [-0.3, -0.25) is 0 Å². The average molecular weight is 327 g/mol. The molecule has 2 amide bonds. The normalized spacial score (nSPS) is 21.0. The number of halogens is 1. The second-order valence-corrected chi connectivity index (χ2v) is 5.79. The third-order valence-electron chi connectivity index (χ3n) is 3.40. The molecule has 104 valence electrons. The van der Waals surface area contributed by atoms with Gasteiger partial charge in [-0.05, 0) is 31.4 Å². The molecule has 1 saturated heterocycles. The highest BCUT2D eigenvalue weighted by Gasteiger charge is 2.23. The van der Waals surface area contributed by atoms with Crippen LogP contribution in [0.5, 0.6) is 0 Å². The van der Waals surface area contributed by atoms with Gasteiger partial charge in [0.25, 0.3) is 0 Å². The van der Waals surface area contributed by atoms with Crippen LogP contribution in [-0.2, 0) is 0 Å². The van der Waals surface area contributed by atoms with Crippen molar-refractivity contribution in [2.24, 2.45) is 0 Å². The van der Waals surface area contributed by atoms with Gasteiger partial charge < -0.3 is 15.3 Å². The molecule has 4 nitrogen and oxygen atoms in total. The van der Waals surface area contributed by atoms with Gasteiger partial charge in [0.05, 0.1) is 12.1 Å². The minimum atomic E-state index is -0.390. The van der Waals surface area contributed by atoms with Crippen LogP contribution in [0, 0.1) is 0 Å². The number of aliphatic hydroxyl groups excluding tert-OH is 1. The van der Waals surface area contributed by atoms with Crippen LogP contribution in [0.1, 0.15) is 31.4 Å². The van der Waals surface area contributed by atoms with Gasteiger partial charge in [0.1, 0.15) is 0 Å². The van der Waals surface area contributed by atoms with E-state index in [9.17, 15) is 9.90 Å². The van der Waals surface area contributed by atoms with E-state index in [0.717, 1.165) is 22.9 Å². The number of rotatable bonds is 2. The molecular weight excluding hydrogens is 308 g/mol. The maximum absolute atomic E-state index is 12.1. The fourth-order valence-electron chi connectivity index (χ4n) is 2.32. The van der Waals surface area contributed by atoms with Gasteiger partial charge in [0.2, 0.25) is 0 Å². The minimum Gasteiger partial charge on any atom is -0.391 e. The summed E-state index contributed by atoms with van der Waals surface area (Å²) in [6.07, 6.45) is 1.25. The molecule has 0 bridgehead atoms. The monoisotopic (exact) mass is 326 g/mol. The van der Waals surface area contributed by atoms with E-state index in [1.54, 1.807) is 4.90 Å². The molecule has 1 fully saturated rings. The molecule has 2 rings (SSSR count). The summed E-state index contributed by atoms with van der Waals surface area (Å²) in [4.78, 5) is 13.8. The standard InChI is InChI=1S/C14H19BrN2O2/c1-10(12-6-2-3-7-13(12)15)16-14(19)17-8-4-5-11(18)9-17/h2-3,6-7,10-11,18H,4-5,8-9H2,1H3,(H,16,19). The van der Waals surface area contributed by atoms with E-state index >= 15 is 0 Å². The van der Waals surface area contributed by atoms with Crippen LogP contribution in [0.2, 0.25) is 0 Å². The Balaban J connectivity index is 1.97. The summed E-state index contributed by atoms with van der Waals surface area (Å²) in [6.45, 7) is 3.10. The third-order valence-corrected chi connectivity index (χ3v) is 4.12. The number of hydrogen-bond acceptors (Lipinski definition) is 2. The first kappa shape index (κ1) is 14.3. The van der Waals surface area contributed by atoms with Crippen LogP contribution in [-0.4, -0.2) is 35.2 Å². The third kappa shape index (κ3) is 3.70. The molecule has 1 aromatic carbocycles. The van der Waals surface area contributed by atoms with Crippen LogP contribution in [0.15, 0.2) is 28.7 Å². The molecule has 0 aromatic heterocycles. The molecular formula is C14H19BrN2O2. The van der Waals surface area contributed by atoms with E-state index in [0.29, 0.717) is 13.1 Å². The Morgan fingerprint density at radius 3 is 2.95 bits per heavy atom. The molecule has 0 spiro atoms. The summed E-state index contributed by atoms with van der Waals surface area (Å²) >= 11 is 3.49. The van der Waals surface area contributed by atoms with E-state index in [-0.39, 0.29) is 12.1 Å². The highest BCUT2D eigenvalue weighted by molar-refractivity contribution is 9.10. The summed E-state index contributed by atoms with van der Waals surface area (Å²) in [7, 11) is 0. The first-order chi connectivity index (χ1) is 9.08. The number of likely N-dealkylation sites (tertiary alicyclic amines) is 1. The topological polar surface area (TPSA) is 52.6 Å². The molecule has 19 heavy (non-hydrogen) atoms. The molecule has 2 atom stereocenters. The fourth-order valence-corrected chi connectivity index (χ4v) is 2.95. The van der Waals surface area contributed by atoms with Gasteiger partial charge in [-0.25, -0.2) is 4.79 Å². The SMILES string of the molecule is CC(NC(=O)N1CCCC(O)C1)c1ccccc1Br. The zero-order chi connectivity index (χ0) is 13.8. The van der Waals surface area contributed by atoms with Crippen molar-refractivity contribution in [3.8, 4) is 0 Å². The molecule has 0 radical (unpaired) electrons. The Kier molecular flexibility index (Phi) is 4.82. The molecule has 1 aromatic rings. The number of carbonyl (C=O) groups is 1. The van der Waals surface area contributed by atoms with Crippen LogP contribution in [0.4, 0.5) is 4.79 Å². The summed E-state index contributed by atoms with van der Waals surface area (Å²) in [5.74, 6) is 0. The van der Waals surface area contributed by atoms with Crippen molar-refractivity contribution in [2.75, 3.05) is 13.1 Å². The molecule has 2 N–H and O–H groups in total. The van der Waals surface area contributed by atoms with E-state index in [1.165, 1.54) is 0 Å². The quantitative estimate of drug-likeness (QED) is 0.877. The number of piperidine rings is 1. The van der Waals surface area contributed by atoms with Crippen LogP contribution >= 0.6 is 15.9 Å². The first-order valence-corrected chi connectivity index (χ1v) is 7.35. The Bertz CT molecular complexity index is 453. The van der Waals surface area contributed by atoms with Gasteiger partial charge in [0.15, 0.2) is 0 Å². The minimum absolute atomic E-state index is 0.0675. The second kappa shape index (κ2) is 6.39. The molecule has 1 heterocycles. The Labute approximate surface area is 121 Å². The summed E-state index contributed by atoms with van der Waals surface area (Å²) in [5, 5.41) is 12.6. The Morgan fingerprint density at radius 1 is 1.53 bits per heavy atom. The first-order valence-electron chi connectivity index (χ1n) is 6.56. The smallest absolute Gasteiger partial charge is 0.317 e. The van der Waals surface area contributed by atoms with E-state index in [2.05, 4.69) is 21.2 Å². The highest BCUT2D eigenvalue weighted by atomic mass is 79.9. The zero-order valence-corrected chi connectivity index (χ0v) is 12.6. The number of urea groups is 1. The molecule has 0 aliphatic carbocycles. The average Bonchev–Trinajstić information content (AvgIpc) is 2.39. The number of benzene rings is 1. The predicted molar refractivity (Wildman–Crippen MR) is 77.9 cm³/mol. The second-order valence-electron chi connectivity index (χ2n) is 4.93. The van der Waals surface area contributed by atoms with Crippen molar-refractivity contribution in [3.63, 3.8) is 0 Å². The lowest BCUT2D eigenvalue weighted by Gasteiger charge is -2.31. The van der Waals surface area contributed by atoms with Crippen molar-refractivity contribution in [1.82, 2.24) is 10.2 Å². The maximum Gasteiger partial charge on any atom is 0.317 e. The van der Waals surface area contributed by atoms with Crippen LogP contribution in [0.25, 0.3) is 0 Å². The van der Waals surface area contributed by atoms with Crippen molar-refractivity contribution in [2.45, 2.75) is 31.9 Å². The molecule has 0 saturated carbocycles. The summed E-state index contributed by atoms with van der Waals surface area (Å²) in [5.41, 5.74) is 1.05. The van der Waals surface area contributed by atoms with Gasteiger partial charge >= 0.3 is 6.03 Å².